The molecule has 27 heavy (non-hydrogen) atoms. The van der Waals surface area contributed by atoms with E-state index in [9.17, 15) is 14.4 Å². The predicted octanol–water partition coefficient (Wildman–Crippen LogP) is 3.68. The molecule has 0 spiro atoms. The van der Waals surface area contributed by atoms with Gasteiger partial charge in [-0.2, -0.15) is 0 Å². The summed E-state index contributed by atoms with van der Waals surface area (Å²) in [6.07, 6.45) is 2.41. The van der Waals surface area contributed by atoms with Crippen molar-refractivity contribution in [3.05, 3.63) is 71.3 Å². The Labute approximate surface area is 159 Å². The van der Waals surface area contributed by atoms with Gasteiger partial charge in [-0.05, 0) is 24.0 Å². The van der Waals surface area contributed by atoms with E-state index in [1.807, 2.05) is 49.4 Å². The van der Waals surface area contributed by atoms with E-state index in [0.29, 0.717) is 12.0 Å². The number of hydrogen-bond acceptors (Lipinski definition) is 3. The molecule has 140 valence electrons. The van der Waals surface area contributed by atoms with Gasteiger partial charge in [0.05, 0.1) is 6.54 Å². The first-order valence-corrected chi connectivity index (χ1v) is 9.33. The van der Waals surface area contributed by atoms with Crippen molar-refractivity contribution in [2.45, 2.75) is 38.6 Å². The van der Waals surface area contributed by atoms with Crippen molar-refractivity contribution in [2.75, 3.05) is 6.54 Å². The van der Waals surface area contributed by atoms with Crippen LogP contribution in [0.1, 0.15) is 48.2 Å². The molecular formula is C22H24N2O3. The summed E-state index contributed by atoms with van der Waals surface area (Å²) in [7, 11) is 0. The number of benzene rings is 2. The standard InChI is InChI=1S/C22H24N2O3/c1-3-8-16-11-13-17(14-12-16)19(25)15-24-20(26)22(4-2,23-21(24)27)18-9-6-5-7-10-18/h5-7,9-14H,3-4,8,15H2,1-2H3,(H,23,27). The fourth-order valence-electron chi connectivity index (χ4n) is 3.51. The fourth-order valence-corrected chi connectivity index (χ4v) is 3.51. The first kappa shape index (κ1) is 18.8. The van der Waals surface area contributed by atoms with Crippen LogP contribution in [0.3, 0.4) is 0 Å². The zero-order chi connectivity index (χ0) is 19.4. The normalized spacial score (nSPS) is 19.3. The van der Waals surface area contributed by atoms with Gasteiger partial charge in [0.25, 0.3) is 5.91 Å². The molecule has 1 atom stereocenters. The van der Waals surface area contributed by atoms with E-state index < -0.39 is 11.6 Å². The molecule has 0 aromatic heterocycles. The Morgan fingerprint density at radius 2 is 1.67 bits per heavy atom. The van der Waals surface area contributed by atoms with Crippen LogP contribution in [-0.4, -0.2) is 29.2 Å². The number of carbonyl (C=O) groups excluding carboxylic acids is 3. The smallest absolute Gasteiger partial charge is 0.319 e. The van der Waals surface area contributed by atoms with Crippen LogP contribution in [0.2, 0.25) is 0 Å². The molecule has 1 N–H and O–H groups in total. The van der Waals surface area contributed by atoms with E-state index in [0.717, 1.165) is 28.9 Å². The number of nitrogens with one attached hydrogen (secondary N) is 1. The van der Waals surface area contributed by atoms with Crippen LogP contribution < -0.4 is 5.32 Å². The van der Waals surface area contributed by atoms with Crippen molar-refractivity contribution in [3.8, 4) is 0 Å². The SMILES string of the molecule is CCCc1ccc(C(=O)CN2C(=O)NC(CC)(c3ccccc3)C2=O)cc1. The summed E-state index contributed by atoms with van der Waals surface area (Å²) in [6, 6.07) is 16.0. The van der Waals surface area contributed by atoms with Gasteiger partial charge in [-0.1, -0.05) is 74.9 Å². The van der Waals surface area contributed by atoms with Crippen molar-refractivity contribution in [3.63, 3.8) is 0 Å². The quantitative estimate of drug-likeness (QED) is 0.602. The molecule has 1 saturated heterocycles. The maximum absolute atomic E-state index is 13.1. The Balaban J connectivity index is 1.80. The van der Waals surface area contributed by atoms with Gasteiger partial charge in [0.1, 0.15) is 5.54 Å². The van der Waals surface area contributed by atoms with Crippen molar-refractivity contribution in [2.24, 2.45) is 0 Å². The maximum Gasteiger partial charge on any atom is 0.325 e. The minimum atomic E-state index is -1.11. The number of hydrogen-bond donors (Lipinski definition) is 1. The largest absolute Gasteiger partial charge is 0.325 e. The molecule has 1 heterocycles. The highest BCUT2D eigenvalue weighted by Gasteiger charge is 2.51. The monoisotopic (exact) mass is 364 g/mol. The van der Waals surface area contributed by atoms with Gasteiger partial charge in [0, 0.05) is 5.56 Å². The number of carbonyl (C=O) groups is 3. The van der Waals surface area contributed by atoms with Gasteiger partial charge in [0.15, 0.2) is 5.78 Å². The predicted molar refractivity (Wildman–Crippen MR) is 103 cm³/mol. The van der Waals surface area contributed by atoms with Gasteiger partial charge >= 0.3 is 6.03 Å². The highest BCUT2D eigenvalue weighted by molar-refractivity contribution is 6.11. The topological polar surface area (TPSA) is 66.5 Å². The molecule has 1 aliphatic heterocycles. The number of nitrogens with zero attached hydrogens (tertiary/aromatic N) is 1. The number of amides is 3. The van der Waals surface area contributed by atoms with Gasteiger partial charge in [-0.3, -0.25) is 14.5 Å². The van der Waals surface area contributed by atoms with E-state index in [2.05, 4.69) is 12.2 Å². The molecule has 5 nitrogen and oxygen atoms in total. The van der Waals surface area contributed by atoms with E-state index in [4.69, 9.17) is 0 Å². The van der Waals surface area contributed by atoms with Crippen molar-refractivity contribution < 1.29 is 14.4 Å². The van der Waals surface area contributed by atoms with Gasteiger partial charge in [-0.15, -0.1) is 0 Å². The molecule has 0 aliphatic carbocycles. The molecule has 5 heteroatoms. The molecule has 3 amide bonds. The zero-order valence-electron chi connectivity index (χ0n) is 15.7. The molecule has 1 aliphatic rings. The van der Waals surface area contributed by atoms with Crippen LogP contribution in [0.4, 0.5) is 4.79 Å². The zero-order valence-corrected chi connectivity index (χ0v) is 15.7. The van der Waals surface area contributed by atoms with E-state index >= 15 is 0 Å². The lowest BCUT2D eigenvalue weighted by molar-refractivity contribution is -0.131. The summed E-state index contributed by atoms with van der Waals surface area (Å²) in [5.74, 6) is -0.626. The number of aryl methyl sites for hydroxylation is 1. The van der Waals surface area contributed by atoms with Crippen LogP contribution in [-0.2, 0) is 16.8 Å². The molecule has 1 fully saturated rings. The lowest BCUT2D eigenvalue weighted by Crippen LogP contribution is -2.43. The Morgan fingerprint density at radius 3 is 2.26 bits per heavy atom. The second kappa shape index (κ2) is 7.74. The molecule has 2 aromatic rings. The molecule has 3 rings (SSSR count). The summed E-state index contributed by atoms with van der Waals surface area (Å²) in [5, 5.41) is 2.80. The summed E-state index contributed by atoms with van der Waals surface area (Å²) in [4.78, 5) is 39.2. The van der Waals surface area contributed by atoms with Crippen LogP contribution in [0.25, 0.3) is 0 Å². The summed E-state index contributed by atoms with van der Waals surface area (Å²) in [6.45, 7) is 3.69. The van der Waals surface area contributed by atoms with Crippen molar-refractivity contribution in [1.29, 1.82) is 0 Å². The van der Waals surface area contributed by atoms with Crippen LogP contribution >= 0.6 is 0 Å². The first-order valence-electron chi connectivity index (χ1n) is 9.33. The van der Waals surface area contributed by atoms with E-state index in [1.54, 1.807) is 12.1 Å². The number of rotatable bonds is 7. The highest BCUT2D eigenvalue weighted by atomic mass is 16.2. The molecule has 1 unspecified atom stereocenters. The second-order valence-electron chi connectivity index (χ2n) is 6.82. The van der Waals surface area contributed by atoms with Crippen molar-refractivity contribution >= 4 is 17.7 Å². The average Bonchev–Trinajstić information content (AvgIpc) is 2.94. The Morgan fingerprint density at radius 1 is 1.00 bits per heavy atom. The van der Waals surface area contributed by atoms with Crippen LogP contribution in [0, 0.1) is 0 Å². The van der Waals surface area contributed by atoms with E-state index in [-0.39, 0.29) is 18.2 Å². The Hall–Kier alpha value is -2.95. The minimum Gasteiger partial charge on any atom is -0.319 e. The third-order valence-corrected chi connectivity index (χ3v) is 5.09. The maximum atomic E-state index is 13.1. The van der Waals surface area contributed by atoms with Gasteiger partial charge in [0.2, 0.25) is 0 Å². The third kappa shape index (κ3) is 3.50. The molecule has 0 saturated carbocycles. The number of imide groups is 1. The molecule has 0 radical (unpaired) electrons. The lowest BCUT2D eigenvalue weighted by atomic mass is 9.87. The highest BCUT2D eigenvalue weighted by Crippen LogP contribution is 2.32. The summed E-state index contributed by atoms with van der Waals surface area (Å²) < 4.78 is 0. The number of urea groups is 1. The second-order valence-corrected chi connectivity index (χ2v) is 6.82. The first-order chi connectivity index (χ1) is 13.0. The van der Waals surface area contributed by atoms with Gasteiger partial charge in [-0.25, -0.2) is 4.79 Å². The fraction of sp³-hybridized carbons (Fsp3) is 0.318. The van der Waals surface area contributed by atoms with Crippen LogP contribution in [0.15, 0.2) is 54.6 Å². The summed E-state index contributed by atoms with van der Waals surface area (Å²) in [5.41, 5.74) is 1.29. The third-order valence-electron chi connectivity index (χ3n) is 5.09. The molecule has 0 bridgehead atoms. The van der Waals surface area contributed by atoms with E-state index in [1.165, 1.54) is 0 Å². The van der Waals surface area contributed by atoms with Crippen LogP contribution in [0.5, 0.6) is 0 Å². The summed E-state index contributed by atoms with van der Waals surface area (Å²) >= 11 is 0. The minimum absolute atomic E-state index is 0.249. The number of ketones is 1. The Kier molecular flexibility index (Phi) is 5.40. The lowest BCUT2D eigenvalue weighted by Gasteiger charge is -2.25. The Bertz CT molecular complexity index is 846. The van der Waals surface area contributed by atoms with Gasteiger partial charge < -0.3 is 5.32 Å². The number of Topliss-reactive ketones (excluding diaryl/α,β-unsaturated/α-hetero) is 1. The average molecular weight is 364 g/mol. The molecular weight excluding hydrogens is 340 g/mol. The molecule has 2 aromatic carbocycles. The van der Waals surface area contributed by atoms with Crippen molar-refractivity contribution in [1.82, 2.24) is 10.2 Å².